The van der Waals surface area contributed by atoms with Crippen molar-refractivity contribution < 1.29 is 29.3 Å². The van der Waals surface area contributed by atoms with E-state index in [0.717, 1.165) is 0 Å². The predicted molar refractivity (Wildman–Crippen MR) is 64.7 cm³/mol. The molecule has 18 heavy (non-hydrogen) atoms. The molecule has 0 atom stereocenters. The van der Waals surface area contributed by atoms with Crippen molar-refractivity contribution in [2.24, 2.45) is 0 Å². The molecule has 0 spiro atoms. The highest BCUT2D eigenvalue weighted by molar-refractivity contribution is 9.10. The number of rotatable bonds is 5. The lowest BCUT2D eigenvalue weighted by molar-refractivity contribution is -0.137. The lowest BCUT2D eigenvalue weighted by atomic mass is 10.3. The molecule has 96 valence electrons. The zero-order valence-electron chi connectivity index (χ0n) is 9.21. The minimum absolute atomic E-state index is 0.143. The number of halogens is 1. The monoisotopic (exact) mass is 316 g/mol. The van der Waals surface area contributed by atoms with Crippen LogP contribution in [0.2, 0.25) is 0 Å². The maximum atomic E-state index is 10.8. The molecule has 0 unspecified atom stereocenters. The van der Waals surface area contributed by atoms with E-state index in [2.05, 4.69) is 15.9 Å². The zero-order valence-corrected chi connectivity index (χ0v) is 10.8. The maximum Gasteiger partial charge on any atom is 0.372 e. The van der Waals surface area contributed by atoms with E-state index >= 15 is 0 Å². The van der Waals surface area contributed by atoms with E-state index in [1.807, 2.05) is 0 Å². The van der Waals surface area contributed by atoms with Gasteiger partial charge in [0.2, 0.25) is 5.76 Å². The topological polar surface area (TPSA) is 93.1 Å². The summed E-state index contributed by atoms with van der Waals surface area (Å²) >= 11 is 3.16. The van der Waals surface area contributed by atoms with Crippen LogP contribution >= 0.6 is 15.9 Å². The molecule has 7 heteroatoms. The molecular formula is C11H9BrO6. The molecule has 0 saturated carbocycles. The molecule has 0 aliphatic carbocycles. The molecule has 0 bridgehead atoms. The van der Waals surface area contributed by atoms with Crippen LogP contribution in [-0.2, 0) is 9.59 Å². The smallest absolute Gasteiger partial charge is 0.372 e. The number of carbonyl (C=O) groups is 2. The highest BCUT2D eigenvalue weighted by Gasteiger charge is 2.14. The lowest BCUT2D eigenvalue weighted by Crippen LogP contribution is -2.10. The van der Waals surface area contributed by atoms with Crippen molar-refractivity contribution in [3.05, 3.63) is 34.5 Å². The fraction of sp³-hybridized carbons (Fsp3) is 0.0909. The number of hydrogen-bond donors (Lipinski definition) is 2. The molecule has 0 heterocycles. The van der Waals surface area contributed by atoms with Gasteiger partial charge < -0.3 is 19.7 Å². The Balaban J connectivity index is 3.08. The third kappa shape index (κ3) is 3.77. The van der Waals surface area contributed by atoms with Crippen molar-refractivity contribution in [1.29, 1.82) is 0 Å². The standard InChI is InChI=1S/C11H9BrO6/c1-17-6-2-3-7(12)8(4-6)18-9(11(15)16)5-10(13)14/h2-5H,1H3,(H,13,14)(H,15,16)/b9-5-. The Morgan fingerprint density at radius 2 is 2.00 bits per heavy atom. The molecule has 0 aliphatic heterocycles. The van der Waals surface area contributed by atoms with Gasteiger partial charge in [0, 0.05) is 6.07 Å². The largest absolute Gasteiger partial charge is 0.497 e. The maximum absolute atomic E-state index is 10.8. The minimum atomic E-state index is -1.48. The molecule has 0 aliphatic rings. The van der Waals surface area contributed by atoms with Crippen molar-refractivity contribution in [2.45, 2.75) is 0 Å². The van der Waals surface area contributed by atoms with Crippen LogP contribution in [-0.4, -0.2) is 29.3 Å². The van der Waals surface area contributed by atoms with Gasteiger partial charge in [-0.15, -0.1) is 0 Å². The van der Waals surface area contributed by atoms with Crippen molar-refractivity contribution in [3.8, 4) is 11.5 Å². The number of ether oxygens (including phenoxy) is 2. The molecule has 1 aromatic rings. The van der Waals surface area contributed by atoms with E-state index in [1.165, 1.54) is 13.2 Å². The van der Waals surface area contributed by atoms with E-state index in [0.29, 0.717) is 16.3 Å². The molecule has 1 aromatic carbocycles. The van der Waals surface area contributed by atoms with E-state index < -0.39 is 17.7 Å². The Kier molecular flexibility index (Phi) is 4.73. The van der Waals surface area contributed by atoms with Crippen LogP contribution in [0.4, 0.5) is 0 Å². The lowest BCUT2D eigenvalue weighted by Gasteiger charge is -2.09. The Morgan fingerprint density at radius 1 is 1.33 bits per heavy atom. The number of methoxy groups -OCH3 is 1. The average molecular weight is 317 g/mol. The second-order valence-corrected chi connectivity index (χ2v) is 3.90. The van der Waals surface area contributed by atoms with Crippen LogP contribution < -0.4 is 9.47 Å². The van der Waals surface area contributed by atoms with Crippen LogP contribution in [0.3, 0.4) is 0 Å². The number of carboxylic acids is 2. The second-order valence-electron chi connectivity index (χ2n) is 3.05. The molecule has 0 aromatic heterocycles. The van der Waals surface area contributed by atoms with E-state index in [-0.39, 0.29) is 5.75 Å². The summed E-state index contributed by atoms with van der Waals surface area (Å²) in [5.41, 5.74) is 0. The predicted octanol–water partition coefficient (Wildman–Crippen LogP) is 1.89. The molecule has 0 radical (unpaired) electrons. The van der Waals surface area contributed by atoms with Gasteiger partial charge in [-0.3, -0.25) is 0 Å². The first-order valence-electron chi connectivity index (χ1n) is 4.63. The van der Waals surface area contributed by atoms with Gasteiger partial charge in [0.15, 0.2) is 0 Å². The number of carboxylic acid groups (broad SMARTS) is 2. The summed E-state index contributed by atoms with van der Waals surface area (Å²) in [5.74, 6) is -2.99. The summed E-state index contributed by atoms with van der Waals surface area (Å²) < 4.78 is 10.4. The molecular weight excluding hydrogens is 308 g/mol. The molecule has 0 amide bonds. The van der Waals surface area contributed by atoms with Crippen LogP contribution in [0.1, 0.15) is 0 Å². The van der Waals surface area contributed by atoms with Crippen molar-refractivity contribution in [2.75, 3.05) is 7.11 Å². The van der Waals surface area contributed by atoms with E-state index in [1.54, 1.807) is 12.1 Å². The van der Waals surface area contributed by atoms with Crippen LogP contribution in [0.25, 0.3) is 0 Å². The van der Waals surface area contributed by atoms with Gasteiger partial charge in [-0.05, 0) is 28.1 Å². The first kappa shape index (κ1) is 14.0. The van der Waals surface area contributed by atoms with E-state index in [4.69, 9.17) is 19.7 Å². The summed E-state index contributed by atoms with van der Waals surface area (Å²) in [6, 6.07) is 4.66. The van der Waals surface area contributed by atoms with Gasteiger partial charge in [0.25, 0.3) is 0 Å². The fourth-order valence-corrected chi connectivity index (χ4v) is 1.38. The van der Waals surface area contributed by atoms with Crippen LogP contribution in [0, 0.1) is 0 Å². The van der Waals surface area contributed by atoms with Crippen molar-refractivity contribution >= 4 is 27.9 Å². The third-order valence-electron chi connectivity index (χ3n) is 1.82. The summed E-state index contributed by atoms with van der Waals surface area (Å²) in [6.45, 7) is 0. The fourth-order valence-electron chi connectivity index (χ4n) is 1.05. The van der Waals surface area contributed by atoms with Crippen LogP contribution in [0.5, 0.6) is 11.5 Å². The zero-order chi connectivity index (χ0) is 13.7. The second kappa shape index (κ2) is 6.06. The first-order valence-corrected chi connectivity index (χ1v) is 5.42. The van der Waals surface area contributed by atoms with Gasteiger partial charge in [-0.25, -0.2) is 9.59 Å². The summed E-state index contributed by atoms with van der Waals surface area (Å²) in [6.07, 6.45) is 0.467. The first-order chi connectivity index (χ1) is 8.43. The molecule has 2 N–H and O–H groups in total. The van der Waals surface area contributed by atoms with Gasteiger partial charge >= 0.3 is 11.9 Å². The number of aliphatic carboxylic acids is 2. The minimum Gasteiger partial charge on any atom is -0.497 e. The Morgan fingerprint density at radius 3 is 2.50 bits per heavy atom. The summed E-state index contributed by atoms with van der Waals surface area (Å²) in [7, 11) is 1.44. The van der Waals surface area contributed by atoms with Crippen molar-refractivity contribution in [3.63, 3.8) is 0 Å². The van der Waals surface area contributed by atoms with Gasteiger partial charge in [0.1, 0.15) is 11.5 Å². The number of hydrogen-bond acceptors (Lipinski definition) is 4. The van der Waals surface area contributed by atoms with Gasteiger partial charge in [0.05, 0.1) is 17.7 Å². The molecule has 6 nitrogen and oxygen atoms in total. The van der Waals surface area contributed by atoms with Crippen LogP contribution in [0.15, 0.2) is 34.5 Å². The Labute approximate surface area is 111 Å². The summed E-state index contributed by atoms with van der Waals surface area (Å²) in [4.78, 5) is 21.3. The molecule has 0 saturated heterocycles. The summed E-state index contributed by atoms with van der Waals surface area (Å²) in [5, 5.41) is 17.3. The molecule has 0 fully saturated rings. The van der Waals surface area contributed by atoms with Crippen molar-refractivity contribution in [1.82, 2.24) is 0 Å². The molecule has 1 rings (SSSR count). The normalized spacial score (nSPS) is 10.9. The Bertz CT molecular complexity index is 508. The quantitative estimate of drug-likeness (QED) is 0.636. The highest BCUT2D eigenvalue weighted by Crippen LogP contribution is 2.30. The number of benzene rings is 1. The average Bonchev–Trinajstić information content (AvgIpc) is 2.30. The van der Waals surface area contributed by atoms with Gasteiger partial charge in [-0.2, -0.15) is 0 Å². The third-order valence-corrected chi connectivity index (χ3v) is 2.48. The SMILES string of the molecule is COc1ccc(Br)c(O/C(=C\C(=O)O)C(=O)O)c1. The Hall–Kier alpha value is -2.02. The van der Waals surface area contributed by atoms with E-state index in [9.17, 15) is 9.59 Å². The van der Waals surface area contributed by atoms with Gasteiger partial charge in [-0.1, -0.05) is 0 Å². The highest BCUT2D eigenvalue weighted by atomic mass is 79.9.